The molecule has 442 valence electrons. The summed E-state index contributed by atoms with van der Waals surface area (Å²) in [6.07, 6.45) is 5.56. The topological polar surface area (TPSA) is 201 Å². The van der Waals surface area contributed by atoms with Crippen LogP contribution in [0.5, 0.6) is 0 Å². The highest BCUT2D eigenvalue weighted by Gasteiger charge is 2.27. The molecule has 2 N–H and O–H groups in total. The number of nitrogens with two attached hydrogens (primary N) is 1. The molecule has 28 heteroatoms. The first-order valence-corrected chi connectivity index (χ1v) is 37.1. The highest BCUT2D eigenvalue weighted by atomic mass is 31.2. The van der Waals surface area contributed by atoms with Crippen molar-refractivity contribution >= 4 is 75.1 Å². The summed E-state index contributed by atoms with van der Waals surface area (Å²) in [5.41, 5.74) is 5.01. The van der Waals surface area contributed by atoms with Crippen LogP contribution < -0.4 is 5.73 Å². The molecule has 3 atom stereocenters. The minimum atomic E-state index is -3.11. The van der Waals surface area contributed by atoms with Gasteiger partial charge in [-0.2, -0.15) is 0 Å². The van der Waals surface area contributed by atoms with Crippen LogP contribution in [0.2, 0.25) is 0 Å². The van der Waals surface area contributed by atoms with Crippen molar-refractivity contribution in [1.29, 1.82) is 0 Å². The maximum Gasteiger partial charge on any atom is 0.353 e. The minimum absolute atomic E-state index is 0. The summed E-state index contributed by atoms with van der Waals surface area (Å²) in [6, 6.07) is 0. The molecule has 0 saturated heterocycles. The van der Waals surface area contributed by atoms with Gasteiger partial charge >= 0.3 is 22.8 Å². The molecule has 0 spiro atoms. The third-order valence-electron chi connectivity index (χ3n) is 8.43. The van der Waals surface area contributed by atoms with Crippen LogP contribution in [0.4, 0.5) is 0 Å². The molecule has 0 heterocycles. The number of ether oxygens (including phenoxy) is 4. The van der Waals surface area contributed by atoms with E-state index in [9.17, 15) is 13.7 Å². The number of hydrogen-bond donors (Lipinski definition) is 1. The number of nitrogens with zero attached hydrogens (tertiary/aromatic N) is 4. The van der Waals surface area contributed by atoms with E-state index < -0.39 is 22.8 Å². The molecule has 0 fully saturated rings. The molecule has 0 aromatic rings. The van der Waals surface area contributed by atoms with E-state index >= 15 is 0 Å². The van der Waals surface area contributed by atoms with E-state index in [4.69, 9.17) is 47.1 Å². The van der Waals surface area contributed by atoms with E-state index in [1.807, 2.05) is 4.90 Å². The molecule has 0 aliphatic heterocycles. The van der Waals surface area contributed by atoms with E-state index in [0.717, 1.165) is 51.7 Å². The number of methoxy groups -OCH3 is 4. The van der Waals surface area contributed by atoms with E-state index in [1.165, 1.54) is 31.2 Å². The molecule has 3 unspecified atom stereocenters. The first-order chi connectivity index (χ1) is 33.8. The summed E-state index contributed by atoms with van der Waals surface area (Å²) in [7, 11) is 8.08. The minimum Gasteiger partial charge on any atom is -0.383 e. The fourth-order valence-corrected chi connectivity index (χ4v) is 11.8. The van der Waals surface area contributed by atoms with Crippen molar-refractivity contribution in [2.45, 2.75) is 49.0 Å². The molecule has 72 heavy (non-hydrogen) atoms. The molecule has 0 saturated carbocycles. The normalized spacial score (nSPS) is 11.5. The predicted molar refractivity (Wildman–Crippen MR) is 328 cm³/mol. The first-order valence-electron chi connectivity index (χ1n) is 24.2. The Bertz CT molecular complexity index is 1170. The zero-order valence-corrected chi connectivity index (χ0v) is 56.0. The molecular formula is C44H112N5O14P9. The molecule has 0 aromatic carbocycles. The van der Waals surface area contributed by atoms with Gasteiger partial charge in [0.25, 0.3) is 0 Å². The van der Waals surface area contributed by atoms with E-state index in [1.54, 1.807) is 77.1 Å². The highest BCUT2D eigenvalue weighted by Crippen LogP contribution is 2.50. The van der Waals surface area contributed by atoms with Crippen molar-refractivity contribution in [3.8, 4) is 0 Å². The summed E-state index contributed by atoms with van der Waals surface area (Å²) in [6.45, 7) is 37.6. The van der Waals surface area contributed by atoms with Gasteiger partial charge in [0, 0.05) is 107 Å². The summed E-state index contributed by atoms with van der Waals surface area (Å²) in [5.74, 6) is 1.22. The Labute approximate surface area is 454 Å². The van der Waals surface area contributed by atoms with Crippen LogP contribution in [0, 0.1) is 0 Å². The van der Waals surface area contributed by atoms with Crippen LogP contribution in [0.15, 0.2) is 16.9 Å². The second kappa shape index (κ2) is 67.4. The quantitative estimate of drug-likeness (QED) is 0.0566. The monoisotopic (exact) mass is 1210 g/mol. The maximum absolute atomic E-state index is 12.6. The summed E-state index contributed by atoms with van der Waals surface area (Å²) in [5, 5.41) is 0. The molecule has 0 aliphatic carbocycles. The van der Waals surface area contributed by atoms with Gasteiger partial charge in [0.05, 0.1) is 78.4 Å². The largest absolute Gasteiger partial charge is 0.383 e. The Morgan fingerprint density at radius 3 is 1.04 bits per heavy atom. The molecule has 0 aliphatic rings. The van der Waals surface area contributed by atoms with Gasteiger partial charge in [-0.3, -0.25) is 18.6 Å². The molecule has 0 aromatic heterocycles. The Balaban J connectivity index is -0.000000154. The SMILES string of the molecule is C.C=CP(=O)(OCC)OCC.CCOP(=O)(CCN(CCOC)CCP(=O)(OCC)OCC)OCC.COCCN.COCCN(CCP(C)C)CCP(C)C.COCCN(CCP)CCP.COP=NP. The van der Waals surface area contributed by atoms with Gasteiger partial charge in [0.1, 0.15) is 0 Å². The van der Waals surface area contributed by atoms with Crippen LogP contribution >= 0.6 is 75.1 Å². The molecule has 0 amide bonds. The lowest BCUT2D eigenvalue weighted by Gasteiger charge is -2.26. The van der Waals surface area contributed by atoms with E-state index in [2.05, 4.69) is 84.7 Å². The zero-order valence-electron chi connectivity index (χ0n) is 47.2. The van der Waals surface area contributed by atoms with Crippen LogP contribution in [0.3, 0.4) is 0 Å². The third kappa shape index (κ3) is 68.2. The van der Waals surface area contributed by atoms with Crippen molar-refractivity contribution < 1.29 is 64.3 Å². The number of hydrogen-bond acceptors (Lipinski definition) is 19. The molecule has 0 radical (unpaired) electrons. The van der Waals surface area contributed by atoms with Crippen molar-refractivity contribution in [2.24, 2.45) is 10.2 Å². The molecule has 0 bridgehead atoms. The Morgan fingerprint density at radius 2 is 0.847 bits per heavy atom. The molecule has 0 rings (SSSR count). The van der Waals surface area contributed by atoms with Gasteiger partial charge in [-0.25, -0.2) is 4.52 Å². The number of rotatable bonds is 41. The average Bonchev–Trinajstić information content (AvgIpc) is 3.32. The predicted octanol–water partition coefficient (Wildman–Crippen LogP) is 10.7. The van der Waals surface area contributed by atoms with Crippen LogP contribution in [0.25, 0.3) is 0 Å². The summed E-state index contributed by atoms with van der Waals surface area (Å²) < 4.78 is 95.2. The average molecular weight is 1210 g/mol. The van der Waals surface area contributed by atoms with Gasteiger partial charge in [-0.1, -0.05) is 14.0 Å². The van der Waals surface area contributed by atoms with Gasteiger partial charge in [0.15, 0.2) is 8.60 Å². The molecular weight excluding hydrogens is 1100 g/mol. The van der Waals surface area contributed by atoms with Crippen LogP contribution in [-0.4, -0.2) is 245 Å². The second-order valence-corrected chi connectivity index (χ2v) is 28.9. The maximum atomic E-state index is 12.6. The Morgan fingerprint density at radius 1 is 0.542 bits per heavy atom. The van der Waals surface area contributed by atoms with Crippen molar-refractivity contribution in [2.75, 3.05) is 231 Å². The highest BCUT2D eigenvalue weighted by molar-refractivity contribution is 7.57. The fraction of sp³-hybridized carbons (Fsp3) is 0.955. The van der Waals surface area contributed by atoms with Gasteiger partial charge in [0.2, 0.25) is 0 Å². The molecule has 19 nitrogen and oxygen atoms in total. The van der Waals surface area contributed by atoms with E-state index in [-0.39, 0.29) is 35.6 Å². The lowest BCUT2D eigenvalue weighted by atomic mass is 10.5. The third-order valence-corrected chi connectivity index (χ3v) is 17.5. The van der Waals surface area contributed by atoms with Crippen molar-refractivity contribution in [3.05, 3.63) is 12.4 Å². The second-order valence-electron chi connectivity index (χ2n) is 14.7. The van der Waals surface area contributed by atoms with Gasteiger partial charge in [-0.05, 0) is 102 Å². The smallest absolute Gasteiger partial charge is 0.353 e. The summed E-state index contributed by atoms with van der Waals surface area (Å²) >= 11 is 0. The standard InChI is InChI=1S/C15H35NO7P2.C11H27NOP2.C7H19NOP2.C6H13O3P.C3H9NO.CH5NOP2.CH4/c1-6-20-24(17,21-7-2)14-11-16(10-13-19-5)12-15-25(18,22-8-3)23-9-4;1-13-9-6-12(7-10-14(2)3)8-11-15(4)5;1-9-5-2-8(3-6-10)4-7-11;1-4-8-10(7,6-3)9-5-2;1-5-3-2-4;1-3-5-2-4;/h6-15H2,1-5H3;6-11H2,1-5H3;2-7,10-11H2,1H3;6H,3-5H2,1-2H3;2-4H2,1H3;4H2,1H3;1H4. The lowest BCUT2D eigenvalue weighted by molar-refractivity contribution is 0.149. The Kier molecular flexibility index (Phi) is 82.3. The first kappa shape index (κ1) is 87.9. The van der Waals surface area contributed by atoms with Crippen molar-refractivity contribution in [1.82, 2.24) is 14.7 Å². The fourth-order valence-electron chi connectivity index (χ4n) is 5.03. The summed E-state index contributed by atoms with van der Waals surface area (Å²) in [4.78, 5) is 6.98. The van der Waals surface area contributed by atoms with Crippen molar-refractivity contribution in [3.63, 3.8) is 0 Å². The van der Waals surface area contributed by atoms with Crippen LogP contribution in [0.1, 0.15) is 49.0 Å². The van der Waals surface area contributed by atoms with Gasteiger partial charge in [-0.15, -0.1) is 34.3 Å². The lowest BCUT2D eigenvalue weighted by Crippen LogP contribution is -2.33. The van der Waals surface area contributed by atoms with Crippen LogP contribution in [-0.2, 0) is 64.3 Å². The Hall–Kier alpha value is 2.08. The zero-order chi connectivity index (χ0) is 55.7. The van der Waals surface area contributed by atoms with E-state index in [0.29, 0.717) is 87.6 Å². The van der Waals surface area contributed by atoms with Gasteiger partial charge < -0.3 is 66.1 Å².